The molecular formula is C37H79NO9Si3. The zero-order valence-electron chi connectivity index (χ0n) is 31.6. The summed E-state index contributed by atoms with van der Waals surface area (Å²) in [5.74, 6) is -0.827. The monoisotopic (exact) mass is 766 g/mol. The van der Waals surface area contributed by atoms with E-state index in [1.165, 1.54) is 18.9 Å². The maximum absolute atomic E-state index is 12.6. The van der Waals surface area contributed by atoms with Crippen molar-refractivity contribution in [2.45, 2.75) is 166 Å². The standard InChI is InChI=1S/C34H67NO9Si3.3CH4/c1-13-14-23-45(7,8)43-47(11,12)44-46(9,10)24-15-18-39-19-20-42-32(38)35-29-25-33(4,5)27-34(6,26-29)17-16-30(36)40-21-22-41-31(37)28(2)3;;;/h29H,2,13-27H2,1,3-12H3,(H,35,38);3*1H4. The molecule has 298 valence electrons. The van der Waals surface area contributed by atoms with E-state index < -0.39 is 37.3 Å². The quantitative estimate of drug-likeness (QED) is 0.0378. The van der Waals surface area contributed by atoms with Crippen LogP contribution in [0.3, 0.4) is 0 Å². The highest BCUT2D eigenvalue weighted by molar-refractivity contribution is 6.87. The van der Waals surface area contributed by atoms with Crippen molar-refractivity contribution in [3.05, 3.63) is 12.2 Å². The predicted molar refractivity (Wildman–Crippen MR) is 215 cm³/mol. The van der Waals surface area contributed by atoms with Gasteiger partial charge in [-0.2, -0.15) is 0 Å². The van der Waals surface area contributed by atoms with Crippen molar-refractivity contribution >= 4 is 43.2 Å². The summed E-state index contributed by atoms with van der Waals surface area (Å²) >= 11 is 0. The average molecular weight is 766 g/mol. The molecule has 0 radical (unpaired) electrons. The van der Waals surface area contributed by atoms with Crippen LogP contribution in [0.1, 0.15) is 108 Å². The molecule has 1 aliphatic rings. The summed E-state index contributed by atoms with van der Waals surface area (Å²) in [6.07, 6.45) is 6.27. The minimum atomic E-state index is -2.20. The number of hydrogen-bond donors (Lipinski definition) is 1. The Kier molecular flexibility index (Phi) is 25.3. The molecule has 1 N–H and O–H groups in total. The van der Waals surface area contributed by atoms with Crippen LogP contribution in [-0.4, -0.2) is 82.3 Å². The smallest absolute Gasteiger partial charge is 0.407 e. The summed E-state index contributed by atoms with van der Waals surface area (Å²) in [4.78, 5) is 36.4. The topological polar surface area (TPSA) is 119 Å². The van der Waals surface area contributed by atoms with Gasteiger partial charge in [0.15, 0.2) is 16.6 Å². The molecule has 50 heavy (non-hydrogen) atoms. The Bertz CT molecular complexity index is 1020. The largest absolute Gasteiger partial charge is 0.462 e. The van der Waals surface area contributed by atoms with Crippen LogP contribution in [-0.2, 0) is 36.8 Å². The summed E-state index contributed by atoms with van der Waals surface area (Å²) in [7, 11) is -5.80. The third kappa shape index (κ3) is 23.9. The molecule has 1 aliphatic carbocycles. The average Bonchev–Trinajstić information content (AvgIpc) is 2.90. The van der Waals surface area contributed by atoms with Gasteiger partial charge in [-0.05, 0) is 101 Å². The molecular weight excluding hydrogens is 687 g/mol. The molecule has 1 fully saturated rings. The lowest BCUT2D eigenvalue weighted by Gasteiger charge is -2.46. The fourth-order valence-corrected chi connectivity index (χ4v) is 21.2. The highest BCUT2D eigenvalue weighted by atomic mass is 28.5. The summed E-state index contributed by atoms with van der Waals surface area (Å²) in [5, 5.41) is 3.05. The molecule has 1 amide bonds. The lowest BCUT2D eigenvalue weighted by molar-refractivity contribution is -0.150. The summed E-state index contributed by atoms with van der Waals surface area (Å²) < 4.78 is 34.7. The number of esters is 2. The number of unbranched alkanes of at least 4 members (excludes halogenated alkanes) is 1. The van der Waals surface area contributed by atoms with Gasteiger partial charge in [0.2, 0.25) is 0 Å². The molecule has 2 unspecified atom stereocenters. The Morgan fingerprint density at radius 1 is 0.780 bits per heavy atom. The van der Waals surface area contributed by atoms with Crippen molar-refractivity contribution in [2.75, 3.05) is 33.0 Å². The van der Waals surface area contributed by atoms with E-state index in [4.69, 9.17) is 27.2 Å². The van der Waals surface area contributed by atoms with E-state index in [0.717, 1.165) is 31.7 Å². The van der Waals surface area contributed by atoms with E-state index in [0.29, 0.717) is 25.2 Å². The van der Waals surface area contributed by atoms with Gasteiger partial charge in [0.05, 0.1) is 6.61 Å². The fourth-order valence-electron chi connectivity index (χ4n) is 6.98. The van der Waals surface area contributed by atoms with Crippen LogP contribution >= 0.6 is 0 Å². The lowest BCUT2D eigenvalue weighted by atomic mass is 9.61. The second-order valence-corrected chi connectivity index (χ2v) is 28.6. The molecule has 0 heterocycles. The van der Waals surface area contributed by atoms with Crippen molar-refractivity contribution in [1.29, 1.82) is 0 Å². The summed E-state index contributed by atoms with van der Waals surface area (Å²) in [5.41, 5.74) is 0.149. The molecule has 0 aromatic rings. The number of carbonyl (C=O) groups is 3. The van der Waals surface area contributed by atoms with Gasteiger partial charge < -0.3 is 32.5 Å². The first-order valence-electron chi connectivity index (χ1n) is 17.5. The van der Waals surface area contributed by atoms with E-state index in [1.807, 2.05) is 0 Å². The maximum atomic E-state index is 12.6. The molecule has 13 heteroatoms. The zero-order valence-corrected chi connectivity index (χ0v) is 34.6. The van der Waals surface area contributed by atoms with E-state index >= 15 is 0 Å². The van der Waals surface area contributed by atoms with Crippen LogP contribution in [0.15, 0.2) is 12.2 Å². The third-order valence-electron chi connectivity index (χ3n) is 8.33. The number of hydrogen-bond acceptors (Lipinski definition) is 9. The van der Waals surface area contributed by atoms with E-state index in [-0.39, 0.29) is 71.4 Å². The molecule has 1 rings (SSSR count). The predicted octanol–water partition coefficient (Wildman–Crippen LogP) is 10.0. The highest BCUT2D eigenvalue weighted by Gasteiger charge is 2.42. The van der Waals surface area contributed by atoms with E-state index in [1.54, 1.807) is 6.92 Å². The Labute approximate surface area is 311 Å². The van der Waals surface area contributed by atoms with Crippen LogP contribution < -0.4 is 5.32 Å². The van der Waals surface area contributed by atoms with Gasteiger partial charge in [0, 0.05) is 24.6 Å². The normalized spacial score (nSPS) is 18.7. The van der Waals surface area contributed by atoms with Crippen molar-refractivity contribution in [2.24, 2.45) is 10.8 Å². The van der Waals surface area contributed by atoms with Crippen LogP contribution in [0.2, 0.25) is 51.4 Å². The molecule has 0 aliphatic heterocycles. The summed E-state index contributed by atoms with van der Waals surface area (Å²) in [6, 6.07) is 2.11. The number of rotatable bonds is 22. The van der Waals surface area contributed by atoms with Gasteiger partial charge in [-0.1, -0.05) is 69.4 Å². The Hall–Kier alpha value is -1.52. The van der Waals surface area contributed by atoms with Gasteiger partial charge >= 0.3 is 26.6 Å². The first-order valence-corrected chi connectivity index (χ1v) is 26.5. The SMILES string of the molecule is C.C.C.C=C(C)C(=O)OCCOC(=O)CCC1(C)CC(NC(=O)OCCOCCC[Si](C)(C)O[Si](C)(C)O[Si](C)(C)CCCC)CC(C)(C)C1. The number of amides is 1. The molecule has 0 spiro atoms. The number of alkyl carbamates (subject to hydrolysis) is 1. The summed E-state index contributed by atoms with van der Waals surface area (Å²) in [6.45, 7) is 28.5. The fraction of sp³-hybridized carbons (Fsp3) is 0.865. The zero-order chi connectivity index (χ0) is 35.9. The van der Waals surface area contributed by atoms with E-state index in [9.17, 15) is 14.4 Å². The van der Waals surface area contributed by atoms with Crippen molar-refractivity contribution in [3.63, 3.8) is 0 Å². The van der Waals surface area contributed by atoms with Crippen LogP contribution in [0.4, 0.5) is 4.79 Å². The van der Waals surface area contributed by atoms with E-state index in [2.05, 4.69) is 78.9 Å². The molecule has 2 atom stereocenters. The van der Waals surface area contributed by atoms with Crippen LogP contribution in [0.5, 0.6) is 0 Å². The van der Waals surface area contributed by atoms with Crippen LogP contribution in [0, 0.1) is 10.8 Å². The van der Waals surface area contributed by atoms with Crippen molar-refractivity contribution in [3.8, 4) is 0 Å². The molecule has 0 bridgehead atoms. The Morgan fingerprint density at radius 3 is 1.88 bits per heavy atom. The van der Waals surface area contributed by atoms with Gasteiger partial charge in [0.25, 0.3) is 0 Å². The lowest BCUT2D eigenvalue weighted by Crippen LogP contribution is -2.52. The minimum absolute atomic E-state index is 0. The second-order valence-electron chi connectivity index (χ2n) is 16.1. The van der Waals surface area contributed by atoms with Gasteiger partial charge in [0.1, 0.15) is 19.8 Å². The van der Waals surface area contributed by atoms with Crippen molar-refractivity contribution < 1.29 is 41.6 Å². The maximum Gasteiger partial charge on any atom is 0.407 e. The highest BCUT2D eigenvalue weighted by Crippen LogP contribution is 2.48. The van der Waals surface area contributed by atoms with Crippen molar-refractivity contribution in [1.82, 2.24) is 5.32 Å². The Morgan fingerprint density at radius 2 is 1.32 bits per heavy atom. The number of nitrogens with one attached hydrogen (secondary N) is 1. The van der Waals surface area contributed by atoms with Gasteiger partial charge in [-0.3, -0.25) is 4.79 Å². The number of ether oxygens (including phenoxy) is 4. The Balaban J connectivity index is -0.00000736. The first kappa shape index (κ1) is 52.8. The van der Waals surface area contributed by atoms with Crippen LogP contribution in [0.25, 0.3) is 0 Å². The van der Waals surface area contributed by atoms with Gasteiger partial charge in [-0.15, -0.1) is 0 Å². The second kappa shape index (κ2) is 23.9. The molecule has 1 saturated carbocycles. The molecule has 10 nitrogen and oxygen atoms in total. The molecule has 0 aromatic heterocycles. The first-order chi connectivity index (χ1) is 21.6. The molecule has 0 aromatic carbocycles. The van der Waals surface area contributed by atoms with Gasteiger partial charge in [-0.25, -0.2) is 9.59 Å². The third-order valence-corrected chi connectivity index (χ3v) is 19.8. The number of carbonyl (C=O) groups excluding carboxylic acids is 3. The molecule has 0 saturated heterocycles. The minimum Gasteiger partial charge on any atom is -0.462 e.